The monoisotopic (exact) mass is 339 g/mol. The number of carbonyl (C=O) groups excluding carboxylic acids is 1. The van der Waals surface area contributed by atoms with E-state index in [9.17, 15) is 4.79 Å². The Hall–Kier alpha value is -3.08. The number of nitrogens with one attached hydrogen (secondary N) is 1. The normalized spacial score (nSPS) is 11.2. The standard InChI is InChI=1S/C17H14ClN5O/c1-20-17(24)16(10-12-6-8-14(18)9-7-12)21-11-13-4-2-3-5-15(13)22-23-19/h2-11H,1H3,(H,20,24)/b16-10-,21-11?. The van der Waals surface area contributed by atoms with Crippen molar-refractivity contribution in [3.63, 3.8) is 0 Å². The average molecular weight is 340 g/mol. The summed E-state index contributed by atoms with van der Waals surface area (Å²) in [5, 5.41) is 6.75. The third-order valence-electron chi connectivity index (χ3n) is 3.07. The van der Waals surface area contributed by atoms with E-state index in [-0.39, 0.29) is 11.6 Å². The number of hydrogen-bond donors (Lipinski definition) is 1. The number of benzene rings is 2. The molecule has 0 bridgehead atoms. The molecule has 2 aromatic carbocycles. The highest BCUT2D eigenvalue weighted by molar-refractivity contribution is 6.30. The summed E-state index contributed by atoms with van der Waals surface area (Å²) in [6.07, 6.45) is 3.13. The minimum Gasteiger partial charge on any atom is -0.354 e. The second-order valence-corrected chi connectivity index (χ2v) is 5.10. The number of likely N-dealkylation sites (N-methyl/N-ethyl adjacent to an activating group) is 1. The van der Waals surface area contributed by atoms with Crippen LogP contribution in [0.15, 0.2) is 64.3 Å². The first-order valence-electron chi connectivity index (χ1n) is 7.01. The Morgan fingerprint density at radius 3 is 2.58 bits per heavy atom. The van der Waals surface area contributed by atoms with Gasteiger partial charge in [0, 0.05) is 34.4 Å². The van der Waals surface area contributed by atoms with Gasteiger partial charge in [-0.3, -0.25) is 9.79 Å². The van der Waals surface area contributed by atoms with Gasteiger partial charge in [-0.2, -0.15) is 0 Å². The van der Waals surface area contributed by atoms with Crippen molar-refractivity contribution in [1.82, 2.24) is 5.32 Å². The largest absolute Gasteiger partial charge is 0.354 e. The van der Waals surface area contributed by atoms with Crippen LogP contribution in [-0.4, -0.2) is 19.2 Å². The van der Waals surface area contributed by atoms with Gasteiger partial charge in [-0.15, -0.1) is 0 Å². The molecular formula is C17H14ClN5O. The third-order valence-corrected chi connectivity index (χ3v) is 3.32. The highest BCUT2D eigenvalue weighted by Gasteiger charge is 2.06. The predicted octanol–water partition coefficient (Wildman–Crippen LogP) is 4.49. The van der Waals surface area contributed by atoms with E-state index in [1.807, 2.05) is 0 Å². The van der Waals surface area contributed by atoms with Crippen molar-refractivity contribution in [2.75, 3.05) is 7.05 Å². The third kappa shape index (κ3) is 4.71. The Bertz CT molecular complexity index is 836. The molecule has 7 heteroatoms. The summed E-state index contributed by atoms with van der Waals surface area (Å²) in [5.74, 6) is -0.331. The molecule has 2 aromatic rings. The summed E-state index contributed by atoms with van der Waals surface area (Å²) in [6, 6.07) is 14.0. The molecule has 0 saturated carbocycles. The van der Waals surface area contributed by atoms with Crippen LogP contribution in [-0.2, 0) is 4.79 Å². The minimum absolute atomic E-state index is 0.218. The molecule has 0 radical (unpaired) electrons. The number of azide groups is 1. The van der Waals surface area contributed by atoms with Crippen LogP contribution in [0.25, 0.3) is 16.5 Å². The molecule has 2 rings (SSSR count). The maximum atomic E-state index is 12.0. The van der Waals surface area contributed by atoms with E-state index in [1.165, 1.54) is 13.3 Å². The fourth-order valence-corrected chi connectivity index (χ4v) is 2.01. The predicted molar refractivity (Wildman–Crippen MR) is 96.3 cm³/mol. The number of carbonyl (C=O) groups is 1. The van der Waals surface area contributed by atoms with E-state index < -0.39 is 0 Å². The topological polar surface area (TPSA) is 90.2 Å². The Morgan fingerprint density at radius 1 is 1.21 bits per heavy atom. The summed E-state index contributed by atoms with van der Waals surface area (Å²) < 4.78 is 0. The van der Waals surface area contributed by atoms with Crippen LogP contribution in [0.3, 0.4) is 0 Å². The second kappa shape index (κ2) is 8.53. The molecule has 24 heavy (non-hydrogen) atoms. The Balaban J connectivity index is 2.38. The van der Waals surface area contributed by atoms with Crippen LogP contribution in [0.5, 0.6) is 0 Å². The van der Waals surface area contributed by atoms with Crippen LogP contribution < -0.4 is 5.32 Å². The van der Waals surface area contributed by atoms with Gasteiger partial charge in [-0.25, -0.2) is 0 Å². The lowest BCUT2D eigenvalue weighted by atomic mass is 10.2. The second-order valence-electron chi connectivity index (χ2n) is 4.67. The first kappa shape index (κ1) is 17.3. The number of amides is 1. The van der Waals surface area contributed by atoms with Crippen molar-refractivity contribution in [3.05, 3.63) is 80.8 Å². The first-order valence-corrected chi connectivity index (χ1v) is 7.39. The van der Waals surface area contributed by atoms with Gasteiger partial charge in [-0.05, 0) is 29.3 Å². The van der Waals surface area contributed by atoms with Crippen LogP contribution in [0, 0.1) is 0 Å². The van der Waals surface area contributed by atoms with E-state index >= 15 is 0 Å². The van der Waals surface area contributed by atoms with Crippen molar-refractivity contribution in [2.45, 2.75) is 0 Å². The molecule has 0 atom stereocenters. The van der Waals surface area contributed by atoms with Crippen LogP contribution in [0.1, 0.15) is 11.1 Å². The summed E-state index contributed by atoms with van der Waals surface area (Å²) in [7, 11) is 1.53. The summed E-state index contributed by atoms with van der Waals surface area (Å²) in [6.45, 7) is 0. The highest BCUT2D eigenvalue weighted by atomic mass is 35.5. The van der Waals surface area contributed by atoms with E-state index in [1.54, 1.807) is 54.6 Å². The molecule has 0 aliphatic carbocycles. The van der Waals surface area contributed by atoms with Crippen molar-refractivity contribution in [2.24, 2.45) is 10.1 Å². The summed E-state index contributed by atoms with van der Waals surface area (Å²) in [4.78, 5) is 19.0. The van der Waals surface area contributed by atoms with Gasteiger partial charge < -0.3 is 5.32 Å². The fraction of sp³-hybridized carbons (Fsp3) is 0.0588. The molecule has 0 fully saturated rings. The minimum atomic E-state index is -0.331. The molecule has 0 aromatic heterocycles. The molecule has 0 heterocycles. The lowest BCUT2D eigenvalue weighted by Gasteiger charge is -2.02. The molecule has 0 aliphatic rings. The van der Waals surface area contributed by atoms with Gasteiger partial charge in [-0.1, -0.05) is 53.1 Å². The molecule has 1 N–H and O–H groups in total. The lowest BCUT2D eigenvalue weighted by molar-refractivity contribution is -0.116. The van der Waals surface area contributed by atoms with Crippen LogP contribution >= 0.6 is 11.6 Å². The maximum absolute atomic E-state index is 12.0. The fourth-order valence-electron chi connectivity index (χ4n) is 1.88. The zero-order valence-electron chi connectivity index (χ0n) is 12.8. The summed E-state index contributed by atoms with van der Waals surface area (Å²) in [5.41, 5.74) is 10.6. The molecule has 120 valence electrons. The molecule has 0 aliphatic heterocycles. The van der Waals surface area contributed by atoms with Crippen molar-refractivity contribution in [3.8, 4) is 0 Å². The van der Waals surface area contributed by atoms with Gasteiger partial charge in [0.15, 0.2) is 0 Å². The van der Waals surface area contributed by atoms with E-state index in [0.717, 1.165) is 5.56 Å². The van der Waals surface area contributed by atoms with Crippen LogP contribution in [0.4, 0.5) is 5.69 Å². The Morgan fingerprint density at radius 2 is 1.92 bits per heavy atom. The van der Waals surface area contributed by atoms with Crippen molar-refractivity contribution < 1.29 is 4.79 Å². The number of halogens is 1. The molecule has 6 nitrogen and oxygen atoms in total. The molecular weight excluding hydrogens is 326 g/mol. The lowest BCUT2D eigenvalue weighted by Crippen LogP contribution is -2.19. The van der Waals surface area contributed by atoms with Gasteiger partial charge >= 0.3 is 0 Å². The van der Waals surface area contributed by atoms with Crippen LogP contribution in [0.2, 0.25) is 5.02 Å². The average Bonchev–Trinajstić information content (AvgIpc) is 2.61. The molecule has 0 spiro atoms. The van der Waals surface area contributed by atoms with Gasteiger partial charge in [0.25, 0.3) is 5.91 Å². The SMILES string of the molecule is CNC(=O)/C(=C/c1ccc(Cl)cc1)N=Cc1ccccc1N=[N+]=[N-]. The Kier molecular flexibility index (Phi) is 6.14. The van der Waals surface area contributed by atoms with Gasteiger partial charge in [0.2, 0.25) is 0 Å². The smallest absolute Gasteiger partial charge is 0.269 e. The number of nitrogens with zero attached hydrogens (tertiary/aromatic N) is 4. The zero-order chi connectivity index (χ0) is 17.4. The van der Waals surface area contributed by atoms with E-state index in [2.05, 4.69) is 20.3 Å². The van der Waals surface area contributed by atoms with E-state index in [0.29, 0.717) is 16.3 Å². The number of hydrogen-bond acceptors (Lipinski definition) is 3. The number of rotatable bonds is 5. The van der Waals surface area contributed by atoms with Crippen molar-refractivity contribution >= 4 is 35.5 Å². The molecule has 0 saturated heterocycles. The first-order chi connectivity index (χ1) is 11.6. The molecule has 1 amide bonds. The van der Waals surface area contributed by atoms with E-state index in [4.69, 9.17) is 17.1 Å². The highest BCUT2D eigenvalue weighted by Crippen LogP contribution is 2.18. The maximum Gasteiger partial charge on any atom is 0.269 e. The summed E-state index contributed by atoms with van der Waals surface area (Å²) >= 11 is 5.86. The Labute approximate surface area is 144 Å². The molecule has 0 unspecified atom stereocenters. The zero-order valence-corrected chi connectivity index (χ0v) is 13.6. The van der Waals surface area contributed by atoms with Gasteiger partial charge in [0.1, 0.15) is 5.70 Å². The number of aliphatic imine (C=N–C) groups is 1. The quantitative estimate of drug-likeness (QED) is 0.281. The van der Waals surface area contributed by atoms with Gasteiger partial charge in [0.05, 0.1) is 0 Å². The van der Waals surface area contributed by atoms with Crippen molar-refractivity contribution in [1.29, 1.82) is 0 Å².